The molecule has 23 heavy (non-hydrogen) atoms. The number of ether oxygens (including phenoxy) is 1. The third kappa shape index (κ3) is 4.69. The van der Waals surface area contributed by atoms with E-state index >= 15 is 0 Å². The van der Waals surface area contributed by atoms with Crippen LogP contribution in [0.1, 0.15) is 25.3 Å². The van der Waals surface area contributed by atoms with E-state index in [-0.39, 0.29) is 17.7 Å². The summed E-state index contributed by atoms with van der Waals surface area (Å²) in [7, 11) is 1.62. The van der Waals surface area contributed by atoms with Crippen molar-refractivity contribution in [1.82, 2.24) is 10.2 Å². The Morgan fingerprint density at radius 2 is 1.91 bits per heavy atom. The lowest BCUT2D eigenvalue weighted by atomic mass is 9.95. The number of nitrogens with two attached hydrogens (primary N) is 1. The number of likely N-dealkylation sites (tertiary alicyclic amines) is 1. The molecule has 0 radical (unpaired) electrons. The molecule has 1 atom stereocenters. The van der Waals surface area contributed by atoms with Crippen LogP contribution < -0.4 is 15.8 Å². The molecule has 1 aliphatic heterocycles. The van der Waals surface area contributed by atoms with Gasteiger partial charge in [-0.1, -0.05) is 12.1 Å². The van der Waals surface area contributed by atoms with Gasteiger partial charge >= 0.3 is 0 Å². The highest BCUT2D eigenvalue weighted by Gasteiger charge is 2.28. The molecule has 1 fully saturated rings. The second-order valence-corrected chi connectivity index (χ2v) is 5.95. The first-order chi connectivity index (χ1) is 11.0. The molecule has 0 aliphatic carbocycles. The van der Waals surface area contributed by atoms with Crippen LogP contribution in [0.4, 0.5) is 0 Å². The quantitative estimate of drug-likeness (QED) is 0.844. The SMILES string of the molecule is COc1ccc(CNC(=O)C2CCN(C(=O)[C@H](C)N)CC2)cc1. The Morgan fingerprint density at radius 3 is 2.43 bits per heavy atom. The second kappa shape index (κ2) is 7.97. The van der Waals surface area contributed by atoms with Gasteiger partial charge in [-0.05, 0) is 37.5 Å². The molecule has 1 aromatic carbocycles. The van der Waals surface area contributed by atoms with Crippen LogP contribution >= 0.6 is 0 Å². The standard InChI is InChI=1S/C17H25N3O3/c1-12(18)17(22)20-9-7-14(8-10-20)16(21)19-11-13-3-5-15(23-2)6-4-13/h3-6,12,14H,7-11,18H2,1-2H3,(H,19,21)/t12-/m0/s1. The summed E-state index contributed by atoms with van der Waals surface area (Å²) in [5.74, 6) is 0.771. The highest BCUT2D eigenvalue weighted by molar-refractivity contribution is 5.82. The first-order valence-corrected chi connectivity index (χ1v) is 7.96. The molecule has 2 rings (SSSR count). The van der Waals surface area contributed by atoms with Gasteiger partial charge in [0.2, 0.25) is 11.8 Å². The zero-order valence-electron chi connectivity index (χ0n) is 13.7. The number of amides is 2. The highest BCUT2D eigenvalue weighted by Crippen LogP contribution is 2.18. The molecule has 6 nitrogen and oxygen atoms in total. The van der Waals surface area contributed by atoms with Gasteiger partial charge in [-0.3, -0.25) is 9.59 Å². The Bertz CT molecular complexity index is 535. The van der Waals surface area contributed by atoms with E-state index in [1.807, 2.05) is 24.3 Å². The number of methoxy groups -OCH3 is 1. The number of hydrogen-bond acceptors (Lipinski definition) is 4. The molecule has 1 heterocycles. The smallest absolute Gasteiger partial charge is 0.239 e. The number of carbonyl (C=O) groups excluding carboxylic acids is 2. The van der Waals surface area contributed by atoms with E-state index in [9.17, 15) is 9.59 Å². The van der Waals surface area contributed by atoms with Crippen LogP contribution in [0.15, 0.2) is 24.3 Å². The lowest BCUT2D eigenvalue weighted by molar-refractivity contribution is -0.136. The Kier molecular flexibility index (Phi) is 5.98. The van der Waals surface area contributed by atoms with E-state index in [1.54, 1.807) is 18.9 Å². The van der Waals surface area contributed by atoms with Crippen LogP contribution in [0.25, 0.3) is 0 Å². The molecule has 1 aromatic rings. The molecule has 0 unspecified atom stereocenters. The van der Waals surface area contributed by atoms with Gasteiger partial charge in [-0.15, -0.1) is 0 Å². The highest BCUT2D eigenvalue weighted by atomic mass is 16.5. The van der Waals surface area contributed by atoms with Gasteiger partial charge in [0.15, 0.2) is 0 Å². The van der Waals surface area contributed by atoms with Gasteiger partial charge < -0.3 is 20.7 Å². The van der Waals surface area contributed by atoms with Crippen LogP contribution in [0.2, 0.25) is 0 Å². The van der Waals surface area contributed by atoms with Crippen molar-refractivity contribution in [3.8, 4) is 5.75 Å². The minimum atomic E-state index is -0.476. The molecule has 2 amide bonds. The Balaban J connectivity index is 1.77. The van der Waals surface area contributed by atoms with E-state index in [2.05, 4.69) is 5.32 Å². The van der Waals surface area contributed by atoms with Crippen LogP contribution in [0.5, 0.6) is 5.75 Å². The molecule has 0 bridgehead atoms. The Morgan fingerprint density at radius 1 is 1.30 bits per heavy atom. The van der Waals surface area contributed by atoms with Crippen molar-refractivity contribution < 1.29 is 14.3 Å². The summed E-state index contributed by atoms with van der Waals surface area (Å²) in [5.41, 5.74) is 6.65. The molecule has 1 aliphatic rings. The average molecular weight is 319 g/mol. The monoisotopic (exact) mass is 319 g/mol. The summed E-state index contributed by atoms with van der Waals surface area (Å²) in [6.07, 6.45) is 1.37. The molecule has 0 spiro atoms. The van der Waals surface area contributed by atoms with Crippen molar-refractivity contribution in [2.75, 3.05) is 20.2 Å². The van der Waals surface area contributed by atoms with Gasteiger partial charge in [0.25, 0.3) is 0 Å². The Hall–Kier alpha value is -2.08. The van der Waals surface area contributed by atoms with Gasteiger partial charge in [-0.25, -0.2) is 0 Å². The summed E-state index contributed by atoms with van der Waals surface area (Å²) in [6.45, 7) is 3.39. The van der Waals surface area contributed by atoms with Crippen LogP contribution in [-0.2, 0) is 16.1 Å². The first kappa shape index (κ1) is 17.3. The molecule has 0 aromatic heterocycles. The van der Waals surface area contributed by atoms with Gasteiger partial charge in [0.05, 0.1) is 13.2 Å². The molecule has 1 saturated heterocycles. The second-order valence-electron chi connectivity index (χ2n) is 5.95. The molecule has 3 N–H and O–H groups in total. The number of rotatable bonds is 5. The van der Waals surface area contributed by atoms with Crippen LogP contribution in [0, 0.1) is 5.92 Å². The predicted octanol–water partition coefficient (Wildman–Crippen LogP) is 0.897. The summed E-state index contributed by atoms with van der Waals surface area (Å²) < 4.78 is 5.11. The van der Waals surface area contributed by atoms with E-state index in [0.717, 1.165) is 11.3 Å². The predicted molar refractivity (Wildman–Crippen MR) is 87.8 cm³/mol. The molecule has 6 heteroatoms. The summed E-state index contributed by atoms with van der Waals surface area (Å²) in [6, 6.07) is 7.14. The number of nitrogens with one attached hydrogen (secondary N) is 1. The topological polar surface area (TPSA) is 84.7 Å². The Labute approximate surface area is 137 Å². The van der Waals surface area contributed by atoms with Crippen molar-refractivity contribution in [3.63, 3.8) is 0 Å². The molecule has 126 valence electrons. The number of nitrogens with zero attached hydrogens (tertiary/aromatic N) is 1. The zero-order valence-corrected chi connectivity index (χ0v) is 13.7. The maximum Gasteiger partial charge on any atom is 0.239 e. The number of carbonyl (C=O) groups is 2. The first-order valence-electron chi connectivity index (χ1n) is 7.96. The molecule has 0 saturated carbocycles. The van der Waals surface area contributed by atoms with Crippen molar-refractivity contribution in [2.45, 2.75) is 32.4 Å². The number of hydrogen-bond donors (Lipinski definition) is 2. The van der Waals surface area contributed by atoms with Gasteiger partial charge in [0.1, 0.15) is 5.75 Å². The summed E-state index contributed by atoms with van der Waals surface area (Å²) in [5, 5.41) is 2.97. The minimum Gasteiger partial charge on any atom is -0.497 e. The fourth-order valence-electron chi connectivity index (χ4n) is 2.73. The lowest BCUT2D eigenvalue weighted by Crippen LogP contribution is -2.47. The van der Waals surface area contributed by atoms with Crippen molar-refractivity contribution in [2.24, 2.45) is 11.7 Å². The van der Waals surface area contributed by atoms with Gasteiger partial charge in [-0.2, -0.15) is 0 Å². The molecular formula is C17H25N3O3. The van der Waals surface area contributed by atoms with E-state index in [0.29, 0.717) is 32.5 Å². The van der Waals surface area contributed by atoms with Crippen molar-refractivity contribution >= 4 is 11.8 Å². The number of piperidine rings is 1. The van der Waals surface area contributed by atoms with E-state index < -0.39 is 6.04 Å². The fourth-order valence-corrected chi connectivity index (χ4v) is 2.73. The van der Waals surface area contributed by atoms with Crippen LogP contribution in [-0.4, -0.2) is 43.0 Å². The van der Waals surface area contributed by atoms with Crippen LogP contribution in [0.3, 0.4) is 0 Å². The maximum atomic E-state index is 12.2. The normalized spacial score (nSPS) is 16.7. The summed E-state index contributed by atoms with van der Waals surface area (Å²) >= 11 is 0. The largest absolute Gasteiger partial charge is 0.497 e. The zero-order chi connectivity index (χ0) is 16.8. The van der Waals surface area contributed by atoms with Crippen molar-refractivity contribution in [3.05, 3.63) is 29.8 Å². The maximum absolute atomic E-state index is 12.2. The number of benzene rings is 1. The third-order valence-corrected chi connectivity index (χ3v) is 4.19. The lowest BCUT2D eigenvalue weighted by Gasteiger charge is -2.32. The summed E-state index contributed by atoms with van der Waals surface area (Å²) in [4.78, 5) is 25.8. The third-order valence-electron chi connectivity index (χ3n) is 4.19. The fraction of sp³-hybridized carbons (Fsp3) is 0.529. The van der Waals surface area contributed by atoms with Gasteiger partial charge in [0, 0.05) is 25.6 Å². The minimum absolute atomic E-state index is 0.0367. The molecular weight excluding hydrogens is 294 g/mol. The average Bonchev–Trinajstić information content (AvgIpc) is 2.59. The van der Waals surface area contributed by atoms with E-state index in [4.69, 9.17) is 10.5 Å². The van der Waals surface area contributed by atoms with E-state index in [1.165, 1.54) is 0 Å². The van der Waals surface area contributed by atoms with Crippen molar-refractivity contribution in [1.29, 1.82) is 0 Å².